The van der Waals surface area contributed by atoms with Crippen LogP contribution in [0.5, 0.6) is 0 Å². The van der Waals surface area contributed by atoms with Gasteiger partial charge < -0.3 is 10.1 Å². The van der Waals surface area contributed by atoms with Crippen LogP contribution in [0.2, 0.25) is 0 Å². The highest BCUT2D eigenvalue weighted by Gasteiger charge is 2.29. The van der Waals surface area contributed by atoms with Gasteiger partial charge in [0.2, 0.25) is 0 Å². The standard InChI is InChI=1S/C9H9N3O/c1-2-11-9-6(1)8-7(5-12-9)13-4-3-10-8/h1-2,5,9,12H,3-4H2. The van der Waals surface area contributed by atoms with E-state index < -0.39 is 0 Å². The fourth-order valence-electron chi connectivity index (χ4n) is 1.68. The molecule has 66 valence electrons. The summed E-state index contributed by atoms with van der Waals surface area (Å²) < 4.78 is 5.46. The Morgan fingerprint density at radius 3 is 3.54 bits per heavy atom. The Kier molecular flexibility index (Phi) is 1.30. The molecule has 0 saturated heterocycles. The number of nitrogens with one attached hydrogen (secondary N) is 1. The molecule has 0 saturated carbocycles. The molecule has 0 spiro atoms. The molecule has 0 aromatic rings. The van der Waals surface area contributed by atoms with E-state index in [-0.39, 0.29) is 6.17 Å². The molecule has 0 amide bonds. The third-order valence-corrected chi connectivity index (χ3v) is 2.28. The summed E-state index contributed by atoms with van der Waals surface area (Å²) in [6.07, 6.45) is 5.70. The first-order valence-corrected chi connectivity index (χ1v) is 4.33. The fourth-order valence-corrected chi connectivity index (χ4v) is 1.68. The molecule has 0 aromatic carbocycles. The van der Waals surface area contributed by atoms with E-state index >= 15 is 0 Å². The number of ether oxygens (including phenoxy) is 1. The molecule has 0 aliphatic carbocycles. The average molecular weight is 175 g/mol. The first kappa shape index (κ1) is 6.88. The van der Waals surface area contributed by atoms with Gasteiger partial charge in [0.1, 0.15) is 18.5 Å². The number of fused-ring (bicyclic) bond motifs is 3. The second kappa shape index (κ2) is 2.45. The summed E-state index contributed by atoms with van der Waals surface area (Å²) in [7, 11) is 0. The van der Waals surface area contributed by atoms with Crippen LogP contribution in [0.3, 0.4) is 0 Å². The Labute approximate surface area is 75.7 Å². The molecule has 1 unspecified atom stereocenters. The average Bonchev–Trinajstić information content (AvgIpc) is 2.65. The summed E-state index contributed by atoms with van der Waals surface area (Å²) in [4.78, 5) is 8.67. The summed E-state index contributed by atoms with van der Waals surface area (Å²) >= 11 is 0. The van der Waals surface area contributed by atoms with Gasteiger partial charge in [-0.15, -0.1) is 0 Å². The normalized spacial score (nSPS) is 28.9. The molecule has 3 aliphatic heterocycles. The van der Waals surface area contributed by atoms with Crippen molar-refractivity contribution in [1.82, 2.24) is 5.32 Å². The number of hydrogen-bond acceptors (Lipinski definition) is 4. The van der Waals surface area contributed by atoms with E-state index in [2.05, 4.69) is 15.3 Å². The molecule has 3 heterocycles. The third kappa shape index (κ3) is 0.915. The second-order valence-electron chi connectivity index (χ2n) is 3.08. The zero-order valence-corrected chi connectivity index (χ0v) is 7.03. The molecule has 4 heteroatoms. The molecule has 4 nitrogen and oxygen atoms in total. The van der Waals surface area contributed by atoms with Crippen LogP contribution in [0.15, 0.2) is 33.6 Å². The van der Waals surface area contributed by atoms with Crippen LogP contribution in [0, 0.1) is 0 Å². The van der Waals surface area contributed by atoms with Crippen molar-refractivity contribution in [3.05, 3.63) is 23.6 Å². The Morgan fingerprint density at radius 1 is 1.54 bits per heavy atom. The molecule has 3 rings (SSSR count). The smallest absolute Gasteiger partial charge is 0.160 e. The molecule has 0 aromatic heterocycles. The van der Waals surface area contributed by atoms with Gasteiger partial charge in [0, 0.05) is 18.0 Å². The van der Waals surface area contributed by atoms with Crippen molar-refractivity contribution >= 4 is 11.9 Å². The number of aliphatic imine (C=N–C) groups is 2. The van der Waals surface area contributed by atoms with Gasteiger partial charge in [0.25, 0.3) is 0 Å². The number of nitrogens with zero attached hydrogens (tertiary/aromatic N) is 2. The number of hydrogen-bond donors (Lipinski definition) is 1. The van der Waals surface area contributed by atoms with E-state index in [0.29, 0.717) is 6.61 Å². The predicted molar refractivity (Wildman–Crippen MR) is 49.8 cm³/mol. The largest absolute Gasteiger partial charge is 0.488 e. The zero-order valence-electron chi connectivity index (χ0n) is 7.03. The lowest BCUT2D eigenvalue weighted by Gasteiger charge is -2.26. The summed E-state index contributed by atoms with van der Waals surface area (Å²) in [5.41, 5.74) is 2.09. The molecule has 0 bridgehead atoms. The highest BCUT2D eigenvalue weighted by atomic mass is 16.5. The molecular formula is C9H9N3O. The molecule has 0 radical (unpaired) electrons. The van der Waals surface area contributed by atoms with Crippen molar-refractivity contribution in [2.45, 2.75) is 6.17 Å². The van der Waals surface area contributed by atoms with E-state index in [0.717, 1.165) is 23.6 Å². The van der Waals surface area contributed by atoms with Gasteiger partial charge >= 0.3 is 0 Å². The Hall–Kier alpha value is -1.58. The summed E-state index contributed by atoms with van der Waals surface area (Å²) in [6.45, 7) is 1.42. The molecule has 0 fully saturated rings. The topological polar surface area (TPSA) is 46.0 Å². The summed E-state index contributed by atoms with van der Waals surface area (Å²) in [6, 6.07) is 0. The Bertz CT molecular complexity index is 365. The minimum atomic E-state index is 0.0594. The van der Waals surface area contributed by atoms with Gasteiger partial charge in [-0.2, -0.15) is 0 Å². The quantitative estimate of drug-likeness (QED) is 0.573. The van der Waals surface area contributed by atoms with Gasteiger partial charge in [-0.25, -0.2) is 0 Å². The first-order valence-electron chi connectivity index (χ1n) is 4.33. The molecule has 3 aliphatic rings. The summed E-state index contributed by atoms with van der Waals surface area (Å²) in [5, 5.41) is 3.15. The van der Waals surface area contributed by atoms with Gasteiger partial charge in [-0.05, 0) is 6.08 Å². The van der Waals surface area contributed by atoms with E-state index in [1.165, 1.54) is 0 Å². The van der Waals surface area contributed by atoms with Gasteiger partial charge in [0.15, 0.2) is 5.76 Å². The minimum Gasteiger partial charge on any atom is -0.488 e. The van der Waals surface area contributed by atoms with Crippen molar-refractivity contribution in [1.29, 1.82) is 0 Å². The lowest BCUT2D eigenvalue weighted by atomic mass is 10.0. The van der Waals surface area contributed by atoms with Crippen LogP contribution in [-0.4, -0.2) is 31.2 Å². The Balaban J connectivity index is 2.07. The van der Waals surface area contributed by atoms with Crippen LogP contribution in [0.1, 0.15) is 0 Å². The van der Waals surface area contributed by atoms with Crippen LogP contribution in [-0.2, 0) is 4.74 Å². The van der Waals surface area contributed by atoms with Crippen LogP contribution in [0.4, 0.5) is 0 Å². The summed E-state index contributed by atoms with van der Waals surface area (Å²) in [5.74, 6) is 0.847. The van der Waals surface area contributed by atoms with E-state index in [9.17, 15) is 0 Å². The monoisotopic (exact) mass is 175 g/mol. The van der Waals surface area contributed by atoms with Crippen molar-refractivity contribution in [3.63, 3.8) is 0 Å². The van der Waals surface area contributed by atoms with Crippen molar-refractivity contribution < 1.29 is 4.74 Å². The lowest BCUT2D eigenvalue weighted by Crippen LogP contribution is -2.35. The maximum atomic E-state index is 5.46. The maximum absolute atomic E-state index is 5.46. The highest BCUT2D eigenvalue weighted by Crippen LogP contribution is 2.23. The fraction of sp³-hybridized carbons (Fsp3) is 0.333. The third-order valence-electron chi connectivity index (χ3n) is 2.28. The zero-order chi connectivity index (χ0) is 8.67. The number of rotatable bonds is 0. The predicted octanol–water partition coefficient (Wildman–Crippen LogP) is 0.239. The van der Waals surface area contributed by atoms with Crippen LogP contribution in [0.25, 0.3) is 0 Å². The second-order valence-corrected chi connectivity index (χ2v) is 3.08. The molecule has 1 atom stereocenters. The van der Waals surface area contributed by atoms with E-state index in [1.54, 1.807) is 6.21 Å². The Morgan fingerprint density at radius 2 is 2.54 bits per heavy atom. The van der Waals surface area contributed by atoms with Crippen molar-refractivity contribution in [2.75, 3.05) is 13.2 Å². The van der Waals surface area contributed by atoms with Gasteiger partial charge in [-0.1, -0.05) is 0 Å². The van der Waals surface area contributed by atoms with Crippen molar-refractivity contribution in [2.24, 2.45) is 9.98 Å². The SMILES string of the molecule is C1=NC2NC=C3OCCN=C3C2=C1. The van der Waals surface area contributed by atoms with Crippen LogP contribution < -0.4 is 5.32 Å². The molecular weight excluding hydrogens is 166 g/mol. The minimum absolute atomic E-state index is 0.0594. The van der Waals surface area contributed by atoms with Gasteiger partial charge in [-0.3, -0.25) is 9.98 Å². The van der Waals surface area contributed by atoms with Crippen molar-refractivity contribution in [3.8, 4) is 0 Å². The molecule has 13 heavy (non-hydrogen) atoms. The van der Waals surface area contributed by atoms with Crippen LogP contribution >= 0.6 is 0 Å². The number of allylic oxidation sites excluding steroid dienone is 2. The van der Waals surface area contributed by atoms with E-state index in [1.807, 2.05) is 12.3 Å². The lowest BCUT2D eigenvalue weighted by molar-refractivity contribution is 0.227. The highest BCUT2D eigenvalue weighted by molar-refractivity contribution is 6.15. The van der Waals surface area contributed by atoms with Gasteiger partial charge in [0.05, 0.1) is 6.54 Å². The first-order chi connectivity index (χ1) is 6.45. The molecule has 1 N–H and O–H groups in total. The van der Waals surface area contributed by atoms with E-state index in [4.69, 9.17) is 4.74 Å². The maximum Gasteiger partial charge on any atom is 0.160 e.